The van der Waals surface area contributed by atoms with Gasteiger partial charge in [-0.15, -0.1) is 0 Å². The van der Waals surface area contributed by atoms with Crippen LogP contribution in [-0.4, -0.2) is 66.7 Å². The molecule has 1 aromatic carbocycles. The predicted octanol–water partition coefficient (Wildman–Crippen LogP) is -0.170. The minimum Gasteiger partial charge on any atom is -0.383 e. The van der Waals surface area contributed by atoms with Crippen LogP contribution >= 0.6 is 0 Å². The maximum Gasteiger partial charge on any atom is 0.240 e. The van der Waals surface area contributed by atoms with E-state index in [1.54, 1.807) is 6.92 Å². The molecule has 1 atom stereocenters. The van der Waals surface area contributed by atoms with Gasteiger partial charge >= 0.3 is 0 Å². The molecule has 0 aliphatic rings. The van der Waals surface area contributed by atoms with E-state index in [1.807, 2.05) is 0 Å². The molecular weight excluding hydrogens is 370 g/mol. The van der Waals surface area contributed by atoms with Gasteiger partial charge in [-0.05, 0) is 31.2 Å². The number of hydrogen-bond acceptors (Lipinski definition) is 6. The molecule has 0 saturated carbocycles. The zero-order valence-corrected chi connectivity index (χ0v) is 16.1. The van der Waals surface area contributed by atoms with Gasteiger partial charge in [-0.25, -0.2) is 21.6 Å². The average molecular weight is 393 g/mol. The Labute approximate surface area is 148 Å². The Morgan fingerprint density at radius 1 is 1.20 bits per heavy atom. The lowest BCUT2D eigenvalue weighted by Gasteiger charge is -2.15. The number of nitrogens with one attached hydrogen (secondary N) is 2. The van der Waals surface area contributed by atoms with Gasteiger partial charge in [0.25, 0.3) is 0 Å². The molecule has 0 heterocycles. The number of amides is 1. The van der Waals surface area contributed by atoms with Gasteiger partial charge in [0, 0.05) is 25.9 Å². The Morgan fingerprint density at radius 3 is 2.24 bits per heavy atom. The maximum absolute atomic E-state index is 12.2. The molecule has 11 heteroatoms. The number of anilines is 1. The normalized spacial score (nSPS) is 13.6. The molecule has 25 heavy (non-hydrogen) atoms. The number of carbonyl (C=O) groups is 1. The second-order valence-electron chi connectivity index (χ2n) is 5.57. The Balaban J connectivity index is 2.75. The van der Waals surface area contributed by atoms with Crippen LogP contribution < -0.4 is 10.0 Å². The first kappa shape index (κ1) is 21.5. The Bertz CT molecular complexity index is 790. The van der Waals surface area contributed by atoms with Crippen LogP contribution in [0, 0.1) is 0 Å². The molecule has 1 amide bonds. The maximum atomic E-state index is 12.2. The van der Waals surface area contributed by atoms with Crippen molar-refractivity contribution < 1.29 is 26.4 Å². The summed E-state index contributed by atoms with van der Waals surface area (Å²) in [6.45, 7) is 1.57. The first-order valence-electron chi connectivity index (χ1n) is 7.28. The van der Waals surface area contributed by atoms with E-state index in [4.69, 9.17) is 4.74 Å². The minimum atomic E-state index is -3.70. The molecular formula is C14H23N3O6S2. The van der Waals surface area contributed by atoms with E-state index in [1.165, 1.54) is 38.4 Å². The number of carbonyl (C=O) groups excluding carboxylic acids is 1. The summed E-state index contributed by atoms with van der Waals surface area (Å²) < 4.78 is 55.2. The molecule has 0 fully saturated rings. The molecule has 1 rings (SSSR count). The molecule has 0 spiro atoms. The Hall–Kier alpha value is -1.53. The van der Waals surface area contributed by atoms with Crippen molar-refractivity contribution in [2.24, 2.45) is 0 Å². The third kappa shape index (κ3) is 7.08. The number of likely N-dealkylation sites (N-methyl/N-ethyl adjacent to an activating group) is 1. The number of methoxy groups -OCH3 is 1. The highest BCUT2D eigenvalue weighted by Crippen LogP contribution is 2.14. The minimum absolute atomic E-state index is 0.0432. The SMILES string of the molecule is COCC(C)NS(=O)(=O)c1ccc(NC(=O)CN(C)S(C)(=O)=O)cc1. The van der Waals surface area contributed by atoms with Crippen LogP contribution in [0.2, 0.25) is 0 Å². The van der Waals surface area contributed by atoms with Crippen molar-refractivity contribution in [3.8, 4) is 0 Å². The molecule has 2 N–H and O–H groups in total. The topological polar surface area (TPSA) is 122 Å². The van der Waals surface area contributed by atoms with Crippen molar-refractivity contribution in [3.63, 3.8) is 0 Å². The van der Waals surface area contributed by atoms with Gasteiger partial charge in [0.05, 0.1) is 24.3 Å². The third-order valence-electron chi connectivity index (χ3n) is 3.15. The highest BCUT2D eigenvalue weighted by atomic mass is 32.2. The Morgan fingerprint density at radius 2 is 1.76 bits per heavy atom. The van der Waals surface area contributed by atoms with Crippen molar-refractivity contribution in [2.45, 2.75) is 17.9 Å². The summed E-state index contributed by atoms with van der Waals surface area (Å²) in [6.07, 6.45) is 0.998. The summed E-state index contributed by atoms with van der Waals surface area (Å²) in [4.78, 5) is 11.9. The second-order valence-corrected chi connectivity index (χ2v) is 9.37. The zero-order valence-electron chi connectivity index (χ0n) is 14.5. The fourth-order valence-electron chi connectivity index (χ4n) is 1.85. The van der Waals surface area contributed by atoms with Crippen molar-refractivity contribution >= 4 is 31.6 Å². The summed E-state index contributed by atoms with van der Waals surface area (Å²) in [5.41, 5.74) is 0.357. The molecule has 142 valence electrons. The molecule has 0 bridgehead atoms. The van der Waals surface area contributed by atoms with E-state index in [2.05, 4.69) is 10.0 Å². The second kappa shape index (κ2) is 8.72. The quantitative estimate of drug-likeness (QED) is 0.601. The number of sulfonamides is 2. The van der Waals surface area contributed by atoms with Crippen molar-refractivity contribution in [3.05, 3.63) is 24.3 Å². The van der Waals surface area contributed by atoms with E-state index in [0.29, 0.717) is 5.69 Å². The summed E-state index contributed by atoms with van der Waals surface area (Å²) in [6, 6.07) is 5.15. The lowest BCUT2D eigenvalue weighted by atomic mass is 10.3. The monoisotopic (exact) mass is 393 g/mol. The fraction of sp³-hybridized carbons (Fsp3) is 0.500. The van der Waals surface area contributed by atoms with Crippen LogP contribution in [0.25, 0.3) is 0 Å². The molecule has 1 aromatic rings. The molecule has 0 aromatic heterocycles. The summed E-state index contributed by atoms with van der Waals surface area (Å²) in [5.74, 6) is -0.532. The van der Waals surface area contributed by atoms with Gasteiger partial charge in [-0.2, -0.15) is 4.31 Å². The van der Waals surface area contributed by atoms with Crippen LogP contribution in [0.5, 0.6) is 0 Å². The lowest BCUT2D eigenvalue weighted by Crippen LogP contribution is -2.35. The first-order valence-corrected chi connectivity index (χ1v) is 10.6. The molecule has 0 aliphatic carbocycles. The number of rotatable bonds is 9. The Kier molecular flexibility index (Phi) is 7.50. The van der Waals surface area contributed by atoms with Gasteiger partial charge in [0.2, 0.25) is 26.0 Å². The fourth-order valence-corrected chi connectivity index (χ4v) is 3.43. The van der Waals surface area contributed by atoms with Crippen LogP contribution in [0.3, 0.4) is 0 Å². The predicted molar refractivity (Wildman–Crippen MR) is 94.2 cm³/mol. The highest BCUT2D eigenvalue weighted by Gasteiger charge is 2.18. The van der Waals surface area contributed by atoms with E-state index >= 15 is 0 Å². The van der Waals surface area contributed by atoms with E-state index < -0.39 is 26.0 Å². The van der Waals surface area contributed by atoms with E-state index in [9.17, 15) is 21.6 Å². The largest absolute Gasteiger partial charge is 0.383 e. The van der Waals surface area contributed by atoms with Crippen molar-refractivity contribution in [2.75, 3.05) is 38.9 Å². The summed E-state index contributed by atoms with van der Waals surface area (Å²) >= 11 is 0. The van der Waals surface area contributed by atoms with Gasteiger partial charge < -0.3 is 10.1 Å². The average Bonchev–Trinajstić information content (AvgIpc) is 2.46. The third-order valence-corrected chi connectivity index (χ3v) is 6.02. The van der Waals surface area contributed by atoms with Gasteiger partial charge in [-0.3, -0.25) is 4.79 Å². The molecule has 1 unspecified atom stereocenters. The van der Waals surface area contributed by atoms with E-state index in [-0.39, 0.29) is 24.1 Å². The van der Waals surface area contributed by atoms with Crippen molar-refractivity contribution in [1.29, 1.82) is 0 Å². The summed E-state index contributed by atoms with van der Waals surface area (Å²) in [5, 5.41) is 2.50. The smallest absolute Gasteiger partial charge is 0.240 e. The molecule has 9 nitrogen and oxygen atoms in total. The number of benzene rings is 1. The zero-order chi connectivity index (χ0) is 19.3. The van der Waals surface area contributed by atoms with Crippen LogP contribution in [-0.2, 0) is 29.6 Å². The number of ether oxygens (including phenoxy) is 1. The van der Waals surface area contributed by atoms with Crippen molar-refractivity contribution in [1.82, 2.24) is 9.03 Å². The molecule has 0 saturated heterocycles. The summed E-state index contributed by atoms with van der Waals surface area (Å²) in [7, 11) is -4.39. The van der Waals surface area contributed by atoms with Gasteiger partial charge in [0.1, 0.15) is 0 Å². The van der Waals surface area contributed by atoms with Gasteiger partial charge in [0.15, 0.2) is 0 Å². The standard InChI is InChI=1S/C14H23N3O6S2/c1-11(10-23-3)16-25(21,22)13-7-5-12(6-8-13)15-14(18)9-17(2)24(4,19)20/h5-8,11,16H,9-10H2,1-4H3,(H,15,18). The van der Waals surface area contributed by atoms with E-state index in [0.717, 1.165) is 10.6 Å². The number of hydrogen-bond donors (Lipinski definition) is 2. The van der Waals surface area contributed by atoms with Crippen LogP contribution in [0.4, 0.5) is 5.69 Å². The van der Waals surface area contributed by atoms with Crippen LogP contribution in [0.15, 0.2) is 29.2 Å². The molecule has 0 radical (unpaired) electrons. The highest BCUT2D eigenvalue weighted by molar-refractivity contribution is 7.89. The molecule has 0 aliphatic heterocycles. The number of nitrogens with zero attached hydrogens (tertiary/aromatic N) is 1. The lowest BCUT2D eigenvalue weighted by molar-refractivity contribution is -0.116. The van der Waals surface area contributed by atoms with Crippen LogP contribution in [0.1, 0.15) is 6.92 Å². The van der Waals surface area contributed by atoms with Gasteiger partial charge in [-0.1, -0.05) is 0 Å². The first-order chi connectivity index (χ1) is 11.5.